The molecule has 1 aliphatic heterocycles. The zero-order chi connectivity index (χ0) is 12.5. The minimum atomic E-state index is -2.95. The van der Waals surface area contributed by atoms with E-state index in [9.17, 15) is 4.57 Å². The second kappa shape index (κ2) is 3.26. The van der Waals surface area contributed by atoms with E-state index in [2.05, 4.69) is 12.2 Å². The van der Waals surface area contributed by atoms with Crippen molar-refractivity contribution in [3.8, 4) is 0 Å². The van der Waals surface area contributed by atoms with Gasteiger partial charge in [0.15, 0.2) is 0 Å². The Balaban J connectivity index is 1.90. The Morgan fingerprint density at radius 2 is 1.65 bits per heavy atom. The Bertz CT molecular complexity index is 404. The first-order valence-corrected chi connectivity index (χ1v) is 8.04. The van der Waals surface area contributed by atoms with Crippen LogP contribution in [-0.4, -0.2) is 16.9 Å². The van der Waals surface area contributed by atoms with Crippen LogP contribution in [0.2, 0.25) is 0 Å². The van der Waals surface area contributed by atoms with Gasteiger partial charge in [-0.05, 0) is 52.4 Å². The molecule has 0 aromatic rings. The first-order valence-electron chi connectivity index (χ1n) is 6.43. The van der Waals surface area contributed by atoms with Gasteiger partial charge in [-0.2, -0.15) is 0 Å². The third-order valence-corrected chi connectivity index (χ3v) is 7.64. The van der Waals surface area contributed by atoms with Crippen molar-refractivity contribution in [2.45, 2.75) is 57.4 Å². The molecule has 1 saturated heterocycles. The van der Waals surface area contributed by atoms with Crippen molar-refractivity contribution in [1.29, 1.82) is 0 Å². The van der Waals surface area contributed by atoms with Crippen molar-refractivity contribution in [2.24, 2.45) is 11.8 Å². The summed E-state index contributed by atoms with van der Waals surface area (Å²) in [6, 6.07) is 0. The van der Waals surface area contributed by atoms with Crippen LogP contribution < -0.4 is 0 Å². The number of hydrogen-bond donors (Lipinski definition) is 0. The highest BCUT2D eigenvalue weighted by molar-refractivity contribution is 7.55. The number of fused-ring (bicyclic) bond motifs is 2. The molecule has 3 aliphatic rings. The fraction of sp³-hybridized carbons (Fsp3) is 0.846. The Morgan fingerprint density at radius 1 is 1.06 bits per heavy atom. The maximum atomic E-state index is 13.0. The van der Waals surface area contributed by atoms with Crippen molar-refractivity contribution in [3.05, 3.63) is 12.2 Å². The minimum absolute atomic E-state index is 0.0820. The molecule has 96 valence electrons. The molecule has 0 spiro atoms. The van der Waals surface area contributed by atoms with E-state index in [1.54, 1.807) is 0 Å². The second-order valence-corrected chi connectivity index (χ2v) is 8.70. The fourth-order valence-electron chi connectivity index (χ4n) is 3.13. The van der Waals surface area contributed by atoms with Gasteiger partial charge in [0.25, 0.3) is 0 Å². The topological polar surface area (TPSA) is 35.5 Å². The Hall–Kier alpha value is -0.110. The quantitative estimate of drug-likeness (QED) is 0.529. The van der Waals surface area contributed by atoms with Crippen molar-refractivity contribution in [2.75, 3.05) is 0 Å². The van der Waals surface area contributed by atoms with Crippen LogP contribution in [-0.2, 0) is 13.6 Å². The smallest absolute Gasteiger partial charge is 0.299 e. The molecule has 17 heavy (non-hydrogen) atoms. The summed E-state index contributed by atoms with van der Waals surface area (Å²) in [5, 5.41) is 0. The molecule has 0 N–H and O–H groups in total. The van der Waals surface area contributed by atoms with E-state index in [1.807, 2.05) is 27.7 Å². The lowest BCUT2D eigenvalue weighted by atomic mass is 9.90. The number of rotatable bonds is 1. The second-order valence-electron chi connectivity index (χ2n) is 6.59. The molecule has 4 heteroatoms. The van der Waals surface area contributed by atoms with Crippen LogP contribution in [0, 0.1) is 11.8 Å². The van der Waals surface area contributed by atoms with Gasteiger partial charge in [-0.1, -0.05) is 12.2 Å². The Labute approximate surface area is 103 Å². The van der Waals surface area contributed by atoms with Gasteiger partial charge in [-0.3, -0.25) is 13.6 Å². The summed E-state index contributed by atoms with van der Waals surface area (Å²) in [5.74, 6) is 0.991. The highest BCUT2D eigenvalue weighted by Crippen LogP contribution is 2.71. The molecule has 3 rings (SSSR count). The average molecular weight is 256 g/mol. The summed E-state index contributed by atoms with van der Waals surface area (Å²) < 4.78 is 24.7. The third-order valence-electron chi connectivity index (χ3n) is 4.81. The van der Waals surface area contributed by atoms with E-state index in [4.69, 9.17) is 9.05 Å². The summed E-state index contributed by atoms with van der Waals surface area (Å²) in [6.07, 6.45) is 6.54. The van der Waals surface area contributed by atoms with Gasteiger partial charge in [0.2, 0.25) is 0 Å². The molecule has 2 fully saturated rings. The van der Waals surface area contributed by atoms with E-state index in [1.165, 1.54) is 0 Å². The summed E-state index contributed by atoms with van der Waals surface area (Å²) >= 11 is 0. The van der Waals surface area contributed by atoms with Gasteiger partial charge in [0.05, 0.1) is 5.66 Å². The van der Waals surface area contributed by atoms with E-state index in [-0.39, 0.29) is 5.66 Å². The molecule has 0 aromatic carbocycles. The monoisotopic (exact) mass is 256 g/mol. The first-order chi connectivity index (χ1) is 7.74. The highest BCUT2D eigenvalue weighted by Gasteiger charge is 2.61. The minimum Gasteiger partial charge on any atom is -0.299 e. The van der Waals surface area contributed by atoms with Gasteiger partial charge >= 0.3 is 7.60 Å². The summed E-state index contributed by atoms with van der Waals surface area (Å²) in [5.41, 5.74) is -0.874. The normalized spacial score (nSPS) is 44.4. The Kier molecular flexibility index (Phi) is 2.29. The number of allylic oxidation sites excluding steroid dienone is 2. The van der Waals surface area contributed by atoms with Crippen molar-refractivity contribution >= 4 is 7.60 Å². The van der Waals surface area contributed by atoms with Gasteiger partial charge in [-0.15, -0.1) is 0 Å². The summed E-state index contributed by atoms with van der Waals surface area (Å²) in [6.45, 7) is 7.87. The van der Waals surface area contributed by atoms with Crippen LogP contribution in [0.1, 0.15) is 40.5 Å². The SMILES string of the molecule is CC1(C)OP(=O)(C2C[C@@H]3C=C[C@H]2C3)OC1(C)C. The van der Waals surface area contributed by atoms with Crippen LogP contribution in [0.25, 0.3) is 0 Å². The molecule has 0 radical (unpaired) electrons. The molecule has 1 unspecified atom stereocenters. The molecule has 2 bridgehead atoms. The molecular formula is C13H21O3P. The van der Waals surface area contributed by atoms with Crippen molar-refractivity contribution in [1.82, 2.24) is 0 Å². The van der Waals surface area contributed by atoms with Crippen LogP contribution in [0.15, 0.2) is 12.2 Å². The molecule has 2 aliphatic carbocycles. The third kappa shape index (κ3) is 1.59. The first kappa shape index (κ1) is 12.0. The van der Waals surface area contributed by atoms with Crippen molar-refractivity contribution < 1.29 is 13.6 Å². The molecule has 0 aromatic heterocycles. The largest absolute Gasteiger partial charge is 0.335 e. The molecule has 3 atom stereocenters. The fourth-order valence-corrected chi connectivity index (χ4v) is 6.36. The maximum Gasteiger partial charge on any atom is 0.335 e. The van der Waals surface area contributed by atoms with E-state index in [0.717, 1.165) is 12.8 Å². The average Bonchev–Trinajstić information content (AvgIpc) is 2.78. The lowest BCUT2D eigenvalue weighted by Crippen LogP contribution is -2.41. The lowest BCUT2D eigenvalue weighted by molar-refractivity contribution is 0.00578. The maximum absolute atomic E-state index is 13.0. The van der Waals surface area contributed by atoms with Crippen molar-refractivity contribution in [3.63, 3.8) is 0 Å². The predicted octanol–water partition coefficient (Wildman–Crippen LogP) is 3.75. The summed E-state index contributed by atoms with van der Waals surface area (Å²) in [4.78, 5) is 0. The molecule has 3 nitrogen and oxygen atoms in total. The van der Waals surface area contributed by atoms with E-state index >= 15 is 0 Å². The standard InChI is InChI=1S/C13H21O3P/c1-12(2)13(3,4)16-17(14,15-12)11-8-9-5-6-10(11)7-9/h5-6,9-11H,7-8H2,1-4H3/t9-,10+,11?/m1/s1. The Morgan fingerprint density at radius 3 is 2.06 bits per heavy atom. The van der Waals surface area contributed by atoms with E-state index in [0.29, 0.717) is 11.8 Å². The molecule has 1 heterocycles. The lowest BCUT2D eigenvalue weighted by Gasteiger charge is -2.29. The molecule has 1 saturated carbocycles. The van der Waals surface area contributed by atoms with E-state index < -0.39 is 18.8 Å². The summed E-state index contributed by atoms with van der Waals surface area (Å²) in [7, 11) is -2.95. The van der Waals surface area contributed by atoms with Gasteiger partial charge < -0.3 is 0 Å². The van der Waals surface area contributed by atoms with Crippen LogP contribution in [0.3, 0.4) is 0 Å². The molecule has 0 amide bonds. The molecular weight excluding hydrogens is 235 g/mol. The van der Waals surface area contributed by atoms with Crippen LogP contribution >= 0.6 is 7.60 Å². The zero-order valence-corrected chi connectivity index (χ0v) is 11.9. The van der Waals surface area contributed by atoms with Gasteiger partial charge in [0, 0.05) is 0 Å². The van der Waals surface area contributed by atoms with Crippen LogP contribution in [0.5, 0.6) is 0 Å². The highest BCUT2D eigenvalue weighted by atomic mass is 31.2. The van der Waals surface area contributed by atoms with Crippen LogP contribution in [0.4, 0.5) is 0 Å². The van der Waals surface area contributed by atoms with Gasteiger partial charge in [-0.25, -0.2) is 0 Å². The van der Waals surface area contributed by atoms with Gasteiger partial charge in [0.1, 0.15) is 11.2 Å². The number of hydrogen-bond acceptors (Lipinski definition) is 3. The zero-order valence-electron chi connectivity index (χ0n) is 11.0. The predicted molar refractivity (Wildman–Crippen MR) is 67.1 cm³/mol.